The quantitative estimate of drug-likeness (QED) is 0.722. The molecule has 3 aliphatic rings. The van der Waals surface area contributed by atoms with Gasteiger partial charge in [0.05, 0.1) is 27.7 Å². The summed E-state index contributed by atoms with van der Waals surface area (Å²) in [5.41, 5.74) is 6.32. The fourth-order valence-corrected chi connectivity index (χ4v) is 5.20. The number of benzene rings is 1. The number of pyridine rings is 1. The standard InChI is InChI=1S/C21H20ClF2N3O3/c22-17-18-10(20(28)12(21(29)30)8-27(18)16-5-13(16)23)4-14(24)19(17)26-6-9-2-1-3-15(25)11(9)7-26/h2,4,8,11,13,15-16H,1,3,5-7,25H2,(H,29,30)/t11-,13+,15+,16-/m1/s1. The van der Waals surface area contributed by atoms with Crippen LogP contribution in [0.1, 0.15) is 35.7 Å². The number of hydrogen-bond acceptors (Lipinski definition) is 4. The third-order valence-electron chi connectivity index (χ3n) is 6.46. The van der Waals surface area contributed by atoms with Gasteiger partial charge in [0, 0.05) is 37.7 Å². The topological polar surface area (TPSA) is 88.6 Å². The molecule has 1 saturated carbocycles. The summed E-state index contributed by atoms with van der Waals surface area (Å²) in [6, 6.07) is 0.389. The van der Waals surface area contributed by atoms with Crippen molar-refractivity contribution in [2.24, 2.45) is 11.7 Å². The van der Waals surface area contributed by atoms with Gasteiger partial charge in [0.2, 0.25) is 5.43 Å². The van der Waals surface area contributed by atoms with Crippen LogP contribution < -0.4 is 16.1 Å². The minimum atomic E-state index is -1.45. The molecule has 0 radical (unpaired) electrons. The van der Waals surface area contributed by atoms with Crippen molar-refractivity contribution in [2.45, 2.75) is 37.5 Å². The Morgan fingerprint density at radius 1 is 1.37 bits per heavy atom. The van der Waals surface area contributed by atoms with Crippen LogP contribution in [-0.4, -0.2) is 40.9 Å². The molecule has 1 aromatic heterocycles. The molecule has 158 valence electrons. The van der Waals surface area contributed by atoms with Gasteiger partial charge < -0.3 is 20.3 Å². The molecule has 0 amide bonds. The maximum absolute atomic E-state index is 15.2. The van der Waals surface area contributed by atoms with Crippen LogP contribution in [0.25, 0.3) is 10.9 Å². The van der Waals surface area contributed by atoms with E-state index in [1.807, 2.05) is 0 Å². The van der Waals surface area contributed by atoms with Crippen LogP contribution in [0.15, 0.2) is 28.7 Å². The molecule has 4 atom stereocenters. The summed E-state index contributed by atoms with van der Waals surface area (Å²) in [6.07, 6.45) is 4.02. The van der Waals surface area contributed by atoms with Crippen molar-refractivity contribution in [3.63, 3.8) is 0 Å². The van der Waals surface area contributed by atoms with Gasteiger partial charge in [-0.15, -0.1) is 0 Å². The summed E-state index contributed by atoms with van der Waals surface area (Å²) < 4.78 is 30.5. The fourth-order valence-electron chi connectivity index (χ4n) is 4.79. The molecule has 2 aromatic rings. The zero-order chi connectivity index (χ0) is 21.3. The smallest absolute Gasteiger partial charge is 0.341 e. The molecule has 5 rings (SSSR count). The summed E-state index contributed by atoms with van der Waals surface area (Å²) in [5.74, 6) is -2.05. The molecule has 30 heavy (non-hydrogen) atoms. The third kappa shape index (κ3) is 2.85. The van der Waals surface area contributed by atoms with Crippen molar-refractivity contribution in [2.75, 3.05) is 18.0 Å². The van der Waals surface area contributed by atoms with Crippen molar-refractivity contribution in [3.8, 4) is 0 Å². The lowest BCUT2D eigenvalue weighted by Crippen LogP contribution is -2.34. The van der Waals surface area contributed by atoms with E-state index in [1.165, 1.54) is 4.57 Å². The summed E-state index contributed by atoms with van der Waals surface area (Å²) in [4.78, 5) is 26.0. The van der Waals surface area contributed by atoms with Crippen molar-refractivity contribution in [3.05, 3.63) is 50.5 Å². The Balaban J connectivity index is 1.71. The minimum absolute atomic E-state index is 0.00708. The average molecular weight is 436 g/mol. The molecule has 2 fully saturated rings. The maximum Gasteiger partial charge on any atom is 0.341 e. The highest BCUT2D eigenvalue weighted by Gasteiger charge is 2.41. The number of allylic oxidation sites excluding steroid dienone is 1. The van der Waals surface area contributed by atoms with E-state index in [9.17, 15) is 19.1 Å². The summed E-state index contributed by atoms with van der Waals surface area (Å²) in [5, 5.41) is 9.20. The fraction of sp³-hybridized carbons (Fsp3) is 0.429. The summed E-state index contributed by atoms with van der Waals surface area (Å²) in [6.45, 7) is 0.981. The number of rotatable bonds is 3. The Labute approximate surface area is 175 Å². The second-order valence-corrected chi connectivity index (χ2v) is 8.71. The maximum atomic E-state index is 15.2. The minimum Gasteiger partial charge on any atom is -0.477 e. The van der Waals surface area contributed by atoms with Crippen LogP contribution in [0.5, 0.6) is 0 Å². The van der Waals surface area contributed by atoms with Crippen LogP contribution >= 0.6 is 11.6 Å². The molecule has 2 aliphatic carbocycles. The molecule has 6 nitrogen and oxygen atoms in total. The van der Waals surface area contributed by atoms with Gasteiger partial charge in [-0.05, 0) is 24.5 Å². The number of carboxylic acid groups (broad SMARTS) is 1. The van der Waals surface area contributed by atoms with Gasteiger partial charge in [0.1, 0.15) is 17.6 Å². The Bertz CT molecular complexity index is 1180. The first-order chi connectivity index (χ1) is 14.3. The molecule has 1 saturated heterocycles. The largest absolute Gasteiger partial charge is 0.477 e. The number of aromatic nitrogens is 1. The predicted molar refractivity (Wildman–Crippen MR) is 110 cm³/mol. The van der Waals surface area contributed by atoms with Crippen LogP contribution in [0.4, 0.5) is 14.5 Å². The first-order valence-corrected chi connectivity index (χ1v) is 10.3. The Morgan fingerprint density at radius 3 is 2.73 bits per heavy atom. The lowest BCUT2D eigenvalue weighted by molar-refractivity contribution is 0.0694. The monoisotopic (exact) mass is 435 g/mol. The SMILES string of the molecule is N[C@H]1CCC=C2CN(c3c(F)cc4c(=O)c(C(=O)O)cn([C@@H]5C[C@@H]5F)c4c3Cl)C[C@H]21. The number of aromatic carboxylic acids is 1. The highest BCUT2D eigenvalue weighted by atomic mass is 35.5. The highest BCUT2D eigenvalue weighted by molar-refractivity contribution is 6.38. The van der Waals surface area contributed by atoms with E-state index in [-0.39, 0.29) is 40.0 Å². The van der Waals surface area contributed by atoms with Crippen molar-refractivity contribution >= 4 is 34.2 Å². The molecule has 9 heteroatoms. The van der Waals surface area contributed by atoms with Gasteiger partial charge >= 0.3 is 5.97 Å². The lowest BCUT2D eigenvalue weighted by Gasteiger charge is -2.25. The van der Waals surface area contributed by atoms with Gasteiger partial charge in [0.15, 0.2) is 0 Å². The highest BCUT2D eigenvalue weighted by Crippen LogP contribution is 2.45. The summed E-state index contributed by atoms with van der Waals surface area (Å²) >= 11 is 6.63. The normalized spacial score (nSPS) is 27.9. The molecule has 0 unspecified atom stereocenters. The van der Waals surface area contributed by atoms with E-state index in [0.717, 1.165) is 30.7 Å². The number of nitrogens with two attached hydrogens (primary N) is 1. The van der Waals surface area contributed by atoms with E-state index in [0.29, 0.717) is 13.1 Å². The molecule has 1 aromatic carbocycles. The molecular formula is C21H20ClF2N3O3. The number of fused-ring (bicyclic) bond motifs is 2. The van der Waals surface area contributed by atoms with E-state index in [2.05, 4.69) is 6.08 Å². The molecule has 0 bridgehead atoms. The van der Waals surface area contributed by atoms with Crippen LogP contribution in [0.3, 0.4) is 0 Å². The molecule has 1 aliphatic heterocycles. The first kappa shape index (κ1) is 19.5. The number of anilines is 1. The predicted octanol–water partition coefficient (Wildman–Crippen LogP) is 3.26. The van der Waals surface area contributed by atoms with Crippen LogP contribution in [-0.2, 0) is 0 Å². The van der Waals surface area contributed by atoms with Gasteiger partial charge in [-0.1, -0.05) is 17.7 Å². The third-order valence-corrected chi connectivity index (χ3v) is 6.82. The second kappa shape index (κ2) is 6.78. The lowest BCUT2D eigenvalue weighted by atomic mass is 9.86. The van der Waals surface area contributed by atoms with Gasteiger partial charge in [-0.3, -0.25) is 4.79 Å². The average Bonchev–Trinajstić information content (AvgIpc) is 3.24. The van der Waals surface area contributed by atoms with Crippen LogP contribution in [0, 0.1) is 11.7 Å². The van der Waals surface area contributed by atoms with Crippen molar-refractivity contribution in [1.29, 1.82) is 0 Å². The van der Waals surface area contributed by atoms with E-state index < -0.39 is 35.0 Å². The molecular weight excluding hydrogens is 416 g/mol. The second-order valence-electron chi connectivity index (χ2n) is 8.33. The van der Waals surface area contributed by atoms with Gasteiger partial charge in [-0.25, -0.2) is 13.6 Å². The van der Waals surface area contributed by atoms with Crippen LogP contribution in [0.2, 0.25) is 5.02 Å². The molecule has 3 N–H and O–H groups in total. The number of hydrogen-bond donors (Lipinski definition) is 2. The number of alkyl halides is 1. The zero-order valence-corrected chi connectivity index (χ0v) is 16.7. The molecule has 0 spiro atoms. The Morgan fingerprint density at radius 2 is 2.10 bits per heavy atom. The number of carbonyl (C=O) groups is 1. The van der Waals surface area contributed by atoms with Gasteiger partial charge in [0.25, 0.3) is 0 Å². The Hall–Kier alpha value is -2.45. The van der Waals surface area contributed by atoms with Crippen molar-refractivity contribution in [1.82, 2.24) is 4.57 Å². The van der Waals surface area contributed by atoms with Gasteiger partial charge in [-0.2, -0.15) is 0 Å². The Kier molecular flexibility index (Phi) is 4.41. The molecule has 2 heterocycles. The number of carboxylic acids is 1. The van der Waals surface area contributed by atoms with E-state index >= 15 is 4.39 Å². The van der Waals surface area contributed by atoms with E-state index in [4.69, 9.17) is 17.3 Å². The van der Waals surface area contributed by atoms with E-state index in [1.54, 1.807) is 4.90 Å². The van der Waals surface area contributed by atoms with Crippen molar-refractivity contribution < 1.29 is 18.7 Å². The zero-order valence-electron chi connectivity index (χ0n) is 15.9. The first-order valence-electron chi connectivity index (χ1n) is 9.91. The summed E-state index contributed by atoms with van der Waals surface area (Å²) in [7, 11) is 0. The number of nitrogens with zero attached hydrogens (tertiary/aromatic N) is 2. The number of halogens is 3.